The highest BCUT2D eigenvalue weighted by Crippen LogP contribution is 2.17. The molecular weight excluding hydrogens is 150 g/mol. The van der Waals surface area contributed by atoms with Crippen molar-refractivity contribution >= 4 is 6.29 Å². The smallest absolute Gasteiger partial charge is 0.216 e. The first-order chi connectivity index (χ1) is 5.83. The van der Waals surface area contributed by atoms with Crippen LogP contribution >= 0.6 is 0 Å². The molecule has 2 heteroatoms. The molecule has 2 nitrogen and oxygen atoms in total. The van der Waals surface area contributed by atoms with Crippen LogP contribution in [0.5, 0.6) is 0 Å². The first-order valence-electron chi connectivity index (χ1n) is 4.96. The normalized spacial score (nSPS) is 23.1. The molecule has 0 aromatic carbocycles. The van der Waals surface area contributed by atoms with E-state index in [4.69, 9.17) is 0 Å². The lowest BCUT2D eigenvalue weighted by Crippen LogP contribution is -2.36. The van der Waals surface area contributed by atoms with Crippen molar-refractivity contribution in [1.82, 2.24) is 5.32 Å². The van der Waals surface area contributed by atoms with Gasteiger partial charge in [0.15, 0.2) is 0 Å². The zero-order valence-corrected chi connectivity index (χ0v) is 7.81. The third-order valence-electron chi connectivity index (χ3n) is 2.52. The van der Waals surface area contributed by atoms with E-state index in [1.165, 1.54) is 38.5 Å². The first kappa shape index (κ1) is 9.72. The Hall–Kier alpha value is -0.370. The molecule has 69 valence electrons. The van der Waals surface area contributed by atoms with Crippen LogP contribution in [-0.4, -0.2) is 18.4 Å². The van der Waals surface area contributed by atoms with Crippen molar-refractivity contribution in [2.45, 2.75) is 57.5 Å². The van der Waals surface area contributed by atoms with Crippen molar-refractivity contribution in [1.29, 1.82) is 0 Å². The molecule has 1 aliphatic carbocycles. The van der Waals surface area contributed by atoms with E-state index < -0.39 is 0 Å². The maximum Gasteiger partial charge on any atom is 0.216 e. The Balaban J connectivity index is 2.24. The molecule has 1 saturated carbocycles. The van der Waals surface area contributed by atoms with Crippen LogP contribution in [-0.2, 0) is 4.79 Å². The van der Waals surface area contributed by atoms with Crippen molar-refractivity contribution in [3.8, 4) is 0 Å². The van der Waals surface area contributed by atoms with E-state index in [9.17, 15) is 4.79 Å². The number of hydrogen-bond acceptors (Lipinski definition) is 2. The van der Waals surface area contributed by atoms with Crippen molar-refractivity contribution in [2.24, 2.45) is 0 Å². The molecule has 0 aliphatic heterocycles. The SMILES string of the molecule is CC([C]=O)NC1CCCCCC1. The molecule has 1 atom stereocenters. The highest BCUT2D eigenvalue weighted by atomic mass is 16.1. The van der Waals surface area contributed by atoms with Gasteiger partial charge in [-0.05, 0) is 19.8 Å². The average molecular weight is 168 g/mol. The molecule has 1 radical (unpaired) electrons. The molecule has 0 saturated heterocycles. The second kappa shape index (κ2) is 5.31. The van der Waals surface area contributed by atoms with Crippen molar-refractivity contribution in [3.05, 3.63) is 0 Å². The fourth-order valence-corrected chi connectivity index (χ4v) is 1.83. The molecule has 12 heavy (non-hydrogen) atoms. The molecule has 0 aromatic heterocycles. The monoisotopic (exact) mass is 168 g/mol. The van der Waals surface area contributed by atoms with Gasteiger partial charge in [0.1, 0.15) is 0 Å². The van der Waals surface area contributed by atoms with Gasteiger partial charge >= 0.3 is 0 Å². The van der Waals surface area contributed by atoms with Crippen LogP contribution in [0.15, 0.2) is 0 Å². The van der Waals surface area contributed by atoms with Gasteiger partial charge in [0.05, 0.1) is 6.04 Å². The summed E-state index contributed by atoms with van der Waals surface area (Å²) in [5.74, 6) is 0. The van der Waals surface area contributed by atoms with E-state index in [-0.39, 0.29) is 6.04 Å². The summed E-state index contributed by atoms with van der Waals surface area (Å²) < 4.78 is 0. The lowest BCUT2D eigenvalue weighted by Gasteiger charge is -2.17. The Bertz CT molecular complexity index is 128. The number of rotatable bonds is 3. The fourth-order valence-electron chi connectivity index (χ4n) is 1.83. The average Bonchev–Trinajstić information content (AvgIpc) is 2.33. The van der Waals surface area contributed by atoms with E-state index in [1.54, 1.807) is 0 Å². The molecule has 1 rings (SSSR count). The molecule has 0 bridgehead atoms. The van der Waals surface area contributed by atoms with Gasteiger partial charge in [-0.25, -0.2) is 0 Å². The van der Waals surface area contributed by atoms with Gasteiger partial charge in [0.25, 0.3) is 0 Å². The van der Waals surface area contributed by atoms with Crippen molar-refractivity contribution < 1.29 is 4.79 Å². The van der Waals surface area contributed by atoms with Gasteiger partial charge in [-0.15, -0.1) is 0 Å². The van der Waals surface area contributed by atoms with Crippen molar-refractivity contribution in [2.75, 3.05) is 0 Å². The van der Waals surface area contributed by atoms with Crippen LogP contribution in [0.25, 0.3) is 0 Å². The molecule has 0 heterocycles. The summed E-state index contributed by atoms with van der Waals surface area (Å²) in [7, 11) is 0. The lowest BCUT2D eigenvalue weighted by molar-refractivity contribution is 0.434. The van der Waals surface area contributed by atoms with E-state index in [0.717, 1.165) is 0 Å². The summed E-state index contributed by atoms with van der Waals surface area (Å²) in [6.45, 7) is 1.87. The fraction of sp³-hybridized carbons (Fsp3) is 0.900. The molecule has 0 aromatic rings. The largest absolute Gasteiger partial charge is 0.305 e. The predicted molar refractivity (Wildman–Crippen MR) is 49.8 cm³/mol. The van der Waals surface area contributed by atoms with E-state index in [1.807, 2.05) is 13.2 Å². The maximum absolute atomic E-state index is 10.3. The molecule has 1 fully saturated rings. The predicted octanol–water partition coefficient (Wildman–Crippen LogP) is 1.80. The standard InChI is InChI=1S/C10H18NO/c1-9(8-12)11-10-6-4-2-3-5-7-10/h9-11H,2-7H2,1H3. The Morgan fingerprint density at radius 2 is 1.83 bits per heavy atom. The van der Waals surface area contributed by atoms with Crippen LogP contribution in [0.2, 0.25) is 0 Å². The van der Waals surface area contributed by atoms with Gasteiger partial charge in [-0.1, -0.05) is 25.7 Å². The Morgan fingerprint density at radius 3 is 2.33 bits per heavy atom. The lowest BCUT2D eigenvalue weighted by atomic mass is 10.1. The number of nitrogens with one attached hydrogen (secondary N) is 1. The zero-order chi connectivity index (χ0) is 8.81. The maximum atomic E-state index is 10.3. The van der Waals surface area contributed by atoms with Gasteiger partial charge in [-0.2, -0.15) is 0 Å². The van der Waals surface area contributed by atoms with Crippen LogP contribution in [0.3, 0.4) is 0 Å². The highest BCUT2D eigenvalue weighted by molar-refractivity contribution is 5.57. The summed E-state index contributed by atoms with van der Waals surface area (Å²) in [4.78, 5) is 10.3. The molecule has 0 amide bonds. The van der Waals surface area contributed by atoms with Gasteiger partial charge in [0, 0.05) is 6.04 Å². The molecule has 1 aliphatic rings. The van der Waals surface area contributed by atoms with Gasteiger partial charge < -0.3 is 5.32 Å². The summed E-state index contributed by atoms with van der Waals surface area (Å²) in [6.07, 6.45) is 9.76. The Labute approximate surface area is 74.7 Å². The second-order valence-electron chi connectivity index (χ2n) is 3.69. The molecule has 1 N–H and O–H groups in total. The van der Waals surface area contributed by atoms with Gasteiger partial charge in [-0.3, -0.25) is 4.79 Å². The second-order valence-corrected chi connectivity index (χ2v) is 3.69. The summed E-state index contributed by atoms with van der Waals surface area (Å²) in [5, 5.41) is 3.28. The topological polar surface area (TPSA) is 29.1 Å². The van der Waals surface area contributed by atoms with E-state index in [0.29, 0.717) is 6.04 Å². The third-order valence-corrected chi connectivity index (χ3v) is 2.52. The van der Waals surface area contributed by atoms with Crippen LogP contribution < -0.4 is 5.32 Å². The van der Waals surface area contributed by atoms with Crippen molar-refractivity contribution in [3.63, 3.8) is 0 Å². The first-order valence-corrected chi connectivity index (χ1v) is 4.96. The highest BCUT2D eigenvalue weighted by Gasteiger charge is 2.13. The quantitative estimate of drug-likeness (QED) is 0.651. The summed E-state index contributed by atoms with van der Waals surface area (Å²) in [6, 6.07) is 0.469. The zero-order valence-electron chi connectivity index (χ0n) is 7.81. The minimum Gasteiger partial charge on any atom is -0.305 e. The summed E-state index contributed by atoms with van der Waals surface area (Å²) >= 11 is 0. The minimum absolute atomic E-state index is 0.0897. The van der Waals surface area contributed by atoms with Gasteiger partial charge in [0.2, 0.25) is 6.29 Å². The van der Waals surface area contributed by atoms with E-state index >= 15 is 0 Å². The van der Waals surface area contributed by atoms with E-state index in [2.05, 4.69) is 5.32 Å². The van der Waals surface area contributed by atoms with Crippen LogP contribution in [0, 0.1) is 0 Å². The Morgan fingerprint density at radius 1 is 1.25 bits per heavy atom. The molecule has 1 unspecified atom stereocenters. The minimum atomic E-state index is -0.0897. The van der Waals surface area contributed by atoms with Crippen LogP contribution in [0.1, 0.15) is 45.4 Å². The third kappa shape index (κ3) is 3.35. The number of carbonyl (C=O) groups excluding carboxylic acids is 1. The van der Waals surface area contributed by atoms with Crippen LogP contribution in [0.4, 0.5) is 0 Å². The Kier molecular flexibility index (Phi) is 4.30. The molecule has 0 spiro atoms. The molecular formula is C10H18NO. The number of hydrogen-bond donors (Lipinski definition) is 1. The summed E-state index contributed by atoms with van der Waals surface area (Å²) in [5.41, 5.74) is 0.